The number of benzene rings is 3. The van der Waals surface area contributed by atoms with Crippen LogP contribution in [0.2, 0.25) is 0 Å². The van der Waals surface area contributed by atoms with Gasteiger partial charge in [-0.05, 0) is 93.9 Å². The van der Waals surface area contributed by atoms with Crippen molar-refractivity contribution in [2.45, 2.75) is 63.8 Å². The summed E-state index contributed by atoms with van der Waals surface area (Å²) in [7, 11) is 0. The summed E-state index contributed by atoms with van der Waals surface area (Å²) in [4.78, 5) is 63.2. The number of aromatic nitrogens is 1. The highest BCUT2D eigenvalue weighted by atomic mass is 32.1. The number of carbonyl (C=O) groups is 4. The Morgan fingerprint density at radius 3 is 2.29 bits per heavy atom. The molecule has 1 aromatic heterocycles. The average Bonchev–Trinajstić information content (AvgIpc) is 3.93. The number of amides is 3. The Balaban J connectivity index is 1.07. The maximum atomic E-state index is 14.5. The van der Waals surface area contributed by atoms with Crippen molar-refractivity contribution in [3.63, 3.8) is 0 Å². The first-order valence-electron chi connectivity index (χ1n) is 18.0. The van der Waals surface area contributed by atoms with Gasteiger partial charge in [0.25, 0.3) is 0 Å². The van der Waals surface area contributed by atoms with Gasteiger partial charge in [-0.2, -0.15) is 0 Å². The van der Waals surface area contributed by atoms with Crippen LogP contribution in [0.1, 0.15) is 83.9 Å². The van der Waals surface area contributed by atoms with Crippen LogP contribution >= 0.6 is 11.3 Å². The molecule has 2 aliphatic heterocycles. The van der Waals surface area contributed by atoms with Crippen molar-refractivity contribution in [2.75, 3.05) is 26.2 Å². The topological polar surface area (TPSA) is 121 Å². The molecule has 3 aromatic carbocycles. The zero-order chi connectivity index (χ0) is 36.4. The summed E-state index contributed by atoms with van der Waals surface area (Å²) in [6.45, 7) is 5.63. The fraction of sp³-hybridized carbons (Fsp3) is 0.375. The molecule has 2 fully saturated rings. The van der Waals surface area contributed by atoms with Gasteiger partial charge in [-0.1, -0.05) is 48.5 Å². The van der Waals surface area contributed by atoms with E-state index in [1.807, 2.05) is 48.5 Å². The van der Waals surface area contributed by atoms with E-state index in [0.29, 0.717) is 36.4 Å². The van der Waals surface area contributed by atoms with Crippen LogP contribution in [0.5, 0.6) is 0 Å². The van der Waals surface area contributed by atoms with E-state index in [0.717, 1.165) is 41.8 Å². The molecule has 52 heavy (non-hydrogen) atoms. The molecule has 0 spiro atoms. The predicted molar refractivity (Wildman–Crippen MR) is 195 cm³/mol. The van der Waals surface area contributed by atoms with Crippen LogP contribution in [0.4, 0.5) is 9.18 Å². The van der Waals surface area contributed by atoms with E-state index in [4.69, 9.17) is 4.74 Å². The minimum absolute atomic E-state index is 0.105. The van der Waals surface area contributed by atoms with Crippen molar-refractivity contribution in [3.05, 3.63) is 111 Å². The van der Waals surface area contributed by atoms with Gasteiger partial charge in [0.1, 0.15) is 28.6 Å². The number of ketones is 1. The van der Waals surface area contributed by atoms with E-state index in [1.165, 1.54) is 40.5 Å². The molecule has 3 amide bonds. The molecule has 0 saturated carbocycles. The summed E-state index contributed by atoms with van der Waals surface area (Å²) in [5, 5.41) is 8.74. The molecule has 0 bridgehead atoms. The molecule has 0 unspecified atom stereocenters. The van der Waals surface area contributed by atoms with E-state index in [1.54, 1.807) is 24.1 Å². The smallest absolute Gasteiger partial charge is 0.411 e. The van der Waals surface area contributed by atoms with Crippen molar-refractivity contribution >= 4 is 35.0 Å². The second-order valence-corrected chi connectivity index (χ2v) is 14.5. The summed E-state index contributed by atoms with van der Waals surface area (Å²) in [5.41, 5.74) is 4.41. The molecule has 0 radical (unpaired) electrons. The summed E-state index contributed by atoms with van der Waals surface area (Å²) >= 11 is 1.32. The van der Waals surface area contributed by atoms with Gasteiger partial charge in [0.2, 0.25) is 17.6 Å². The third-order valence-electron chi connectivity index (χ3n) is 10.5. The lowest BCUT2D eigenvalue weighted by Gasteiger charge is -2.36. The number of likely N-dealkylation sites (tertiary alicyclic amines) is 1. The molecule has 270 valence electrons. The minimum atomic E-state index is -0.908. The normalized spacial score (nSPS) is 18.3. The van der Waals surface area contributed by atoms with Crippen LogP contribution in [0.15, 0.2) is 78.2 Å². The second-order valence-electron chi connectivity index (χ2n) is 13.6. The van der Waals surface area contributed by atoms with Crippen LogP contribution in [-0.2, 0) is 14.3 Å². The zero-order valence-electron chi connectivity index (χ0n) is 29.2. The van der Waals surface area contributed by atoms with Crippen molar-refractivity contribution in [1.29, 1.82) is 0 Å². The molecule has 3 aliphatic rings. The Hall–Kier alpha value is -4.94. The summed E-state index contributed by atoms with van der Waals surface area (Å²) < 4.78 is 19.6. The molecule has 10 nitrogen and oxygen atoms in total. The van der Waals surface area contributed by atoms with Gasteiger partial charge in [0, 0.05) is 35.2 Å². The third-order valence-corrected chi connectivity index (χ3v) is 11.5. The lowest BCUT2D eigenvalue weighted by atomic mass is 9.88. The number of halogens is 1. The van der Waals surface area contributed by atoms with Gasteiger partial charge in [0.05, 0.1) is 6.04 Å². The number of carbonyl (C=O) groups excluding carboxylic acids is 4. The van der Waals surface area contributed by atoms with Gasteiger partial charge < -0.3 is 20.3 Å². The van der Waals surface area contributed by atoms with E-state index >= 15 is 0 Å². The summed E-state index contributed by atoms with van der Waals surface area (Å²) in [5.74, 6) is -1.47. The Bertz CT molecular complexity index is 1920. The van der Waals surface area contributed by atoms with Crippen molar-refractivity contribution < 1.29 is 28.3 Å². The van der Waals surface area contributed by atoms with Crippen LogP contribution in [-0.4, -0.2) is 76.7 Å². The Labute approximate surface area is 306 Å². The van der Waals surface area contributed by atoms with E-state index in [9.17, 15) is 23.6 Å². The fourth-order valence-electron chi connectivity index (χ4n) is 7.70. The SMILES string of the molecule is CCN(C(=O)OC1c2ccccc2-c2ccccc21)[C@@H](C)C(=O)N[C@H](C(=O)N1CCC[C@H]1c1nc(C(=O)c2ccc(F)cc2)cs1)C1CCNCC1. The predicted octanol–water partition coefficient (Wildman–Crippen LogP) is 6.28. The molecule has 3 heterocycles. The monoisotopic (exact) mass is 723 g/mol. The van der Waals surface area contributed by atoms with Gasteiger partial charge in [-0.25, -0.2) is 14.2 Å². The molecule has 12 heteroatoms. The zero-order valence-corrected chi connectivity index (χ0v) is 30.0. The van der Waals surface area contributed by atoms with Gasteiger partial charge in [0.15, 0.2) is 6.10 Å². The lowest BCUT2D eigenvalue weighted by Crippen LogP contribution is -2.58. The number of hydrogen-bond acceptors (Lipinski definition) is 8. The standard InChI is InChI=1S/C40H42FN5O5S/c1-3-45(40(50)51-36-30-11-6-4-9-28(30)29-10-5-7-12-31(29)36)24(2)37(48)44-34(25-18-20-42-21-19-25)39(49)46-22-8-13-33(46)38-43-32(23-52-38)35(47)26-14-16-27(41)17-15-26/h4-7,9-12,14-17,23-25,33-34,36,42H,3,8,13,18-22H2,1-2H3,(H,44,48)/t24-,33-,34-/m0/s1. The summed E-state index contributed by atoms with van der Waals surface area (Å²) in [6.07, 6.45) is 1.63. The number of nitrogens with zero attached hydrogens (tertiary/aromatic N) is 3. The lowest BCUT2D eigenvalue weighted by molar-refractivity contribution is -0.140. The first kappa shape index (κ1) is 35.5. The van der Waals surface area contributed by atoms with Crippen molar-refractivity contribution in [2.24, 2.45) is 5.92 Å². The fourth-order valence-corrected chi connectivity index (χ4v) is 8.65. The number of hydrogen-bond donors (Lipinski definition) is 2. The molecule has 4 aromatic rings. The third kappa shape index (κ3) is 6.97. The molecule has 7 rings (SSSR count). The minimum Gasteiger partial charge on any atom is -0.436 e. The van der Waals surface area contributed by atoms with E-state index in [-0.39, 0.29) is 35.9 Å². The second kappa shape index (κ2) is 15.3. The van der Waals surface area contributed by atoms with Crippen LogP contribution in [0, 0.1) is 11.7 Å². The van der Waals surface area contributed by atoms with E-state index in [2.05, 4.69) is 15.6 Å². The molecule has 3 atom stereocenters. The number of thiazole rings is 1. The van der Waals surface area contributed by atoms with Crippen LogP contribution in [0.25, 0.3) is 11.1 Å². The highest BCUT2D eigenvalue weighted by Crippen LogP contribution is 2.45. The Morgan fingerprint density at radius 2 is 1.63 bits per heavy atom. The highest BCUT2D eigenvalue weighted by molar-refractivity contribution is 7.10. The van der Waals surface area contributed by atoms with Gasteiger partial charge in [-0.3, -0.25) is 19.3 Å². The first-order valence-corrected chi connectivity index (χ1v) is 18.9. The summed E-state index contributed by atoms with van der Waals surface area (Å²) in [6, 6.07) is 19.0. The Kier molecular flexibility index (Phi) is 10.5. The number of ether oxygens (including phenoxy) is 1. The van der Waals surface area contributed by atoms with Crippen molar-refractivity contribution in [3.8, 4) is 11.1 Å². The Morgan fingerprint density at radius 1 is 0.981 bits per heavy atom. The van der Waals surface area contributed by atoms with Gasteiger partial charge in [-0.15, -0.1) is 11.3 Å². The maximum Gasteiger partial charge on any atom is 0.411 e. The molecular formula is C40H42FN5O5S. The first-order chi connectivity index (χ1) is 25.2. The largest absolute Gasteiger partial charge is 0.436 e. The number of rotatable bonds is 10. The van der Waals surface area contributed by atoms with Gasteiger partial charge >= 0.3 is 6.09 Å². The van der Waals surface area contributed by atoms with Crippen LogP contribution < -0.4 is 10.6 Å². The number of fused-ring (bicyclic) bond motifs is 3. The number of likely N-dealkylation sites (N-methyl/N-ethyl adjacent to an activating group) is 1. The average molecular weight is 724 g/mol. The maximum absolute atomic E-state index is 14.5. The van der Waals surface area contributed by atoms with E-state index < -0.39 is 36.0 Å². The highest BCUT2D eigenvalue weighted by Gasteiger charge is 2.41. The van der Waals surface area contributed by atoms with Crippen molar-refractivity contribution in [1.82, 2.24) is 25.4 Å². The van der Waals surface area contributed by atoms with Crippen LogP contribution in [0.3, 0.4) is 0 Å². The molecule has 1 aliphatic carbocycles. The number of nitrogens with one attached hydrogen (secondary N) is 2. The molecule has 2 saturated heterocycles. The quantitative estimate of drug-likeness (QED) is 0.185. The molecular weight excluding hydrogens is 682 g/mol. The molecule has 2 N–H and O–H groups in total. The number of piperidine rings is 1.